The Labute approximate surface area is 143 Å². The fraction of sp³-hybridized carbons (Fsp3) is 0.467. The minimum Gasteiger partial charge on any atom is -0.504 e. The van der Waals surface area contributed by atoms with Gasteiger partial charge in [-0.05, 0) is 12.5 Å². The summed E-state index contributed by atoms with van der Waals surface area (Å²) < 4.78 is 18.8. The first kappa shape index (κ1) is 21.0. The van der Waals surface area contributed by atoms with E-state index in [-0.39, 0.29) is 42.4 Å². The molecule has 0 radical (unpaired) electrons. The van der Waals surface area contributed by atoms with E-state index in [1.165, 1.54) is 19.2 Å². The Bertz CT molecular complexity index is 483. The molecule has 2 N–H and O–H groups in total. The molecule has 0 bridgehead atoms. The van der Waals surface area contributed by atoms with Crippen LogP contribution in [0.15, 0.2) is 24.8 Å². The van der Waals surface area contributed by atoms with Crippen molar-refractivity contribution in [3.8, 4) is 11.5 Å². The molecule has 0 unspecified atom stereocenters. The van der Waals surface area contributed by atoms with E-state index >= 15 is 0 Å². The molecule has 1 aromatic carbocycles. The lowest BCUT2D eigenvalue weighted by atomic mass is 9.99. The number of halogens is 3. The molecule has 0 saturated carbocycles. The van der Waals surface area contributed by atoms with Crippen LogP contribution in [0.5, 0.6) is 11.5 Å². The molecule has 1 saturated heterocycles. The maximum Gasteiger partial charge on any atom is 0.163 e. The van der Waals surface area contributed by atoms with E-state index in [1.807, 2.05) is 0 Å². The third-order valence-corrected chi connectivity index (χ3v) is 3.63. The summed E-state index contributed by atoms with van der Waals surface area (Å²) in [5.41, 5.74) is 0.559. The first-order valence-electron chi connectivity index (χ1n) is 6.79. The van der Waals surface area contributed by atoms with Gasteiger partial charge in [0.05, 0.1) is 7.11 Å². The zero-order valence-corrected chi connectivity index (χ0v) is 14.2. The predicted octanol–water partition coefficient (Wildman–Crippen LogP) is 2.91. The van der Waals surface area contributed by atoms with Crippen molar-refractivity contribution in [2.24, 2.45) is 0 Å². The predicted molar refractivity (Wildman–Crippen MR) is 91.1 cm³/mol. The van der Waals surface area contributed by atoms with Crippen molar-refractivity contribution in [2.75, 3.05) is 33.3 Å². The average Bonchev–Trinajstić information content (AvgIpc) is 2.48. The zero-order valence-electron chi connectivity index (χ0n) is 12.5. The second-order valence-electron chi connectivity index (χ2n) is 4.87. The standard InChI is InChI=1S/C15H21FN2O2.2ClH/c1-3-4-13(18-7-5-17-6-8-18)12-9-11(16)10-14(20-2)15(12)19;;/h3,9-10,13,17,19H,1,4-8H2,2H3;2*1H/t13-;;/m1../s1. The van der Waals surface area contributed by atoms with E-state index in [9.17, 15) is 9.50 Å². The summed E-state index contributed by atoms with van der Waals surface area (Å²) in [4.78, 5) is 2.23. The average molecular weight is 353 g/mol. The van der Waals surface area contributed by atoms with E-state index < -0.39 is 5.82 Å². The van der Waals surface area contributed by atoms with Gasteiger partial charge in [-0.3, -0.25) is 4.90 Å². The van der Waals surface area contributed by atoms with E-state index in [4.69, 9.17) is 4.74 Å². The fourth-order valence-electron chi connectivity index (χ4n) is 2.63. The summed E-state index contributed by atoms with van der Waals surface area (Å²) in [6.07, 6.45) is 2.45. The maximum atomic E-state index is 13.7. The highest BCUT2D eigenvalue weighted by Crippen LogP contribution is 2.38. The molecule has 1 atom stereocenters. The molecule has 0 aromatic heterocycles. The van der Waals surface area contributed by atoms with Crippen LogP contribution in [0, 0.1) is 5.82 Å². The second kappa shape index (κ2) is 9.90. The molecular weight excluding hydrogens is 330 g/mol. The summed E-state index contributed by atoms with van der Waals surface area (Å²) in [5.74, 6) is -0.220. The SMILES string of the molecule is C=CC[C@H](c1cc(F)cc(OC)c1O)N1CCNCC1.Cl.Cl. The number of ether oxygens (including phenoxy) is 1. The van der Waals surface area contributed by atoms with Gasteiger partial charge in [-0.15, -0.1) is 31.4 Å². The highest BCUT2D eigenvalue weighted by molar-refractivity contribution is 5.85. The van der Waals surface area contributed by atoms with Gasteiger partial charge in [-0.2, -0.15) is 0 Å². The van der Waals surface area contributed by atoms with E-state index in [1.54, 1.807) is 6.08 Å². The molecule has 0 amide bonds. The highest BCUT2D eigenvalue weighted by Gasteiger charge is 2.25. The molecule has 2 rings (SSSR count). The Hall–Kier alpha value is -1.01. The third-order valence-electron chi connectivity index (χ3n) is 3.63. The van der Waals surface area contributed by atoms with Gasteiger partial charge in [0.25, 0.3) is 0 Å². The van der Waals surface area contributed by atoms with E-state index in [0.717, 1.165) is 26.2 Å². The van der Waals surface area contributed by atoms with Gasteiger partial charge in [0.2, 0.25) is 0 Å². The van der Waals surface area contributed by atoms with E-state index in [2.05, 4.69) is 16.8 Å². The van der Waals surface area contributed by atoms with Crippen molar-refractivity contribution in [1.82, 2.24) is 10.2 Å². The van der Waals surface area contributed by atoms with Gasteiger partial charge >= 0.3 is 0 Å². The van der Waals surface area contributed by atoms with Crippen LogP contribution in [-0.4, -0.2) is 43.3 Å². The van der Waals surface area contributed by atoms with Gasteiger partial charge in [0.15, 0.2) is 11.5 Å². The third kappa shape index (κ3) is 4.74. The minimum atomic E-state index is -0.404. The summed E-state index contributed by atoms with van der Waals surface area (Å²) >= 11 is 0. The summed E-state index contributed by atoms with van der Waals surface area (Å²) in [7, 11) is 1.42. The molecule has 0 spiro atoms. The zero-order chi connectivity index (χ0) is 14.5. The molecular formula is C15H23Cl2FN2O2. The van der Waals surface area contributed by atoms with Crippen LogP contribution in [0.3, 0.4) is 0 Å². The van der Waals surface area contributed by atoms with Gasteiger partial charge < -0.3 is 15.2 Å². The van der Waals surface area contributed by atoms with Crippen LogP contribution in [0.2, 0.25) is 0 Å². The van der Waals surface area contributed by atoms with E-state index in [0.29, 0.717) is 12.0 Å². The smallest absolute Gasteiger partial charge is 0.163 e. The van der Waals surface area contributed by atoms with Gasteiger partial charge in [-0.25, -0.2) is 4.39 Å². The Morgan fingerprint density at radius 1 is 1.41 bits per heavy atom. The van der Waals surface area contributed by atoms with Gasteiger partial charge in [0.1, 0.15) is 5.82 Å². The molecule has 1 fully saturated rings. The number of methoxy groups -OCH3 is 1. The highest BCUT2D eigenvalue weighted by atomic mass is 35.5. The number of rotatable bonds is 5. The van der Waals surface area contributed by atoms with Gasteiger partial charge in [-0.1, -0.05) is 6.08 Å². The van der Waals surface area contributed by atoms with Crippen molar-refractivity contribution in [3.63, 3.8) is 0 Å². The van der Waals surface area contributed by atoms with Crippen molar-refractivity contribution >= 4 is 24.8 Å². The number of phenolic OH excluding ortho intramolecular Hbond substituents is 1. The van der Waals surface area contributed by atoms with Crippen molar-refractivity contribution in [3.05, 3.63) is 36.2 Å². The molecule has 1 aliphatic rings. The quantitative estimate of drug-likeness (QED) is 0.799. The summed E-state index contributed by atoms with van der Waals surface area (Å²) in [6, 6.07) is 2.49. The van der Waals surface area contributed by atoms with Crippen LogP contribution in [0.25, 0.3) is 0 Å². The Balaban J connectivity index is 0.00000220. The lowest BCUT2D eigenvalue weighted by Crippen LogP contribution is -2.45. The maximum absolute atomic E-state index is 13.7. The van der Waals surface area contributed by atoms with Crippen LogP contribution in [0.1, 0.15) is 18.0 Å². The Kier molecular flexibility index (Phi) is 9.44. The number of aromatic hydroxyl groups is 1. The Morgan fingerprint density at radius 2 is 2.05 bits per heavy atom. The van der Waals surface area contributed by atoms with Crippen molar-refractivity contribution < 1.29 is 14.2 Å². The molecule has 126 valence electrons. The molecule has 0 aliphatic carbocycles. The van der Waals surface area contributed by atoms with Crippen LogP contribution >= 0.6 is 24.8 Å². The molecule has 4 nitrogen and oxygen atoms in total. The number of hydrogen-bond acceptors (Lipinski definition) is 4. The number of benzene rings is 1. The van der Waals surface area contributed by atoms with Crippen LogP contribution < -0.4 is 10.1 Å². The lowest BCUT2D eigenvalue weighted by molar-refractivity contribution is 0.171. The number of piperazine rings is 1. The summed E-state index contributed by atoms with van der Waals surface area (Å²) in [5, 5.41) is 13.6. The van der Waals surface area contributed by atoms with Crippen molar-refractivity contribution in [1.29, 1.82) is 0 Å². The molecule has 1 aromatic rings. The molecule has 1 aliphatic heterocycles. The summed E-state index contributed by atoms with van der Waals surface area (Å²) in [6.45, 7) is 7.26. The number of hydrogen-bond donors (Lipinski definition) is 2. The second-order valence-corrected chi connectivity index (χ2v) is 4.87. The monoisotopic (exact) mass is 352 g/mol. The molecule has 1 heterocycles. The molecule has 22 heavy (non-hydrogen) atoms. The van der Waals surface area contributed by atoms with Gasteiger partial charge in [0, 0.05) is 43.9 Å². The minimum absolute atomic E-state index is 0. The number of nitrogens with zero attached hydrogens (tertiary/aromatic N) is 1. The fourth-order valence-corrected chi connectivity index (χ4v) is 2.63. The molecule has 7 heteroatoms. The van der Waals surface area contributed by atoms with Crippen LogP contribution in [-0.2, 0) is 0 Å². The largest absolute Gasteiger partial charge is 0.504 e. The first-order valence-corrected chi connectivity index (χ1v) is 6.79. The first-order chi connectivity index (χ1) is 9.67. The Morgan fingerprint density at radius 3 is 2.59 bits per heavy atom. The topological polar surface area (TPSA) is 44.7 Å². The van der Waals surface area contributed by atoms with Crippen molar-refractivity contribution in [2.45, 2.75) is 12.5 Å². The van der Waals surface area contributed by atoms with Crippen LogP contribution in [0.4, 0.5) is 4.39 Å². The lowest BCUT2D eigenvalue weighted by Gasteiger charge is -2.35. The normalized spacial score (nSPS) is 16.1. The number of phenols is 1. The number of nitrogens with one attached hydrogen (secondary N) is 1.